The summed E-state index contributed by atoms with van der Waals surface area (Å²) >= 11 is 2.88. The van der Waals surface area contributed by atoms with E-state index >= 15 is 0 Å². The maximum absolute atomic E-state index is 12.3. The van der Waals surface area contributed by atoms with Crippen molar-refractivity contribution in [3.8, 4) is 0 Å². The number of hydrogen-bond acceptors (Lipinski definition) is 6. The number of aromatic nitrogens is 2. The molecule has 3 aromatic rings. The van der Waals surface area contributed by atoms with Crippen molar-refractivity contribution in [2.24, 2.45) is 0 Å². The Kier molecular flexibility index (Phi) is 5.64. The van der Waals surface area contributed by atoms with E-state index in [1.54, 1.807) is 0 Å². The second-order valence-electron chi connectivity index (χ2n) is 7.08. The Labute approximate surface area is 173 Å². The first-order chi connectivity index (χ1) is 13.6. The quantitative estimate of drug-likeness (QED) is 0.534. The lowest BCUT2D eigenvalue weighted by molar-refractivity contribution is -0.118. The number of carbonyl (C=O) groups excluding carboxylic acids is 1. The van der Waals surface area contributed by atoms with E-state index in [1.807, 2.05) is 18.2 Å². The highest BCUT2D eigenvalue weighted by atomic mass is 32.2. The van der Waals surface area contributed by atoms with Gasteiger partial charge < -0.3 is 10.6 Å². The first-order valence-electron chi connectivity index (χ1n) is 9.25. The Balaban J connectivity index is 1.25. The Morgan fingerprint density at radius 3 is 2.71 bits per heavy atom. The van der Waals surface area contributed by atoms with Crippen molar-refractivity contribution >= 4 is 39.8 Å². The maximum Gasteiger partial charge on any atom is 0.230 e. The molecule has 0 spiro atoms. The molecule has 0 unspecified atom stereocenters. The second kappa shape index (κ2) is 8.32. The van der Waals surface area contributed by atoms with Gasteiger partial charge in [0, 0.05) is 17.6 Å². The molecule has 1 fully saturated rings. The molecule has 2 N–H and O–H groups in total. The molecule has 0 radical (unpaired) electrons. The van der Waals surface area contributed by atoms with E-state index in [0.29, 0.717) is 12.3 Å². The van der Waals surface area contributed by atoms with Crippen LogP contribution in [0.2, 0.25) is 0 Å². The summed E-state index contributed by atoms with van der Waals surface area (Å²) < 4.78 is 0.787. The number of nitrogens with zero attached hydrogens (tertiary/aromatic N) is 2. The van der Waals surface area contributed by atoms with Gasteiger partial charge in [0.15, 0.2) is 4.34 Å². The molecule has 144 valence electrons. The number of rotatable bonds is 8. The third-order valence-electron chi connectivity index (χ3n) is 4.87. The molecule has 0 atom stereocenters. The van der Waals surface area contributed by atoms with E-state index in [2.05, 4.69) is 64.2 Å². The molecule has 1 amide bonds. The normalized spacial score (nSPS) is 14.5. The fourth-order valence-electron chi connectivity index (χ4n) is 3.12. The van der Waals surface area contributed by atoms with Gasteiger partial charge in [-0.15, -0.1) is 10.2 Å². The zero-order valence-corrected chi connectivity index (χ0v) is 17.3. The van der Waals surface area contributed by atoms with Gasteiger partial charge in [0.1, 0.15) is 0 Å². The van der Waals surface area contributed by atoms with E-state index in [9.17, 15) is 4.79 Å². The van der Waals surface area contributed by atoms with Gasteiger partial charge in [0.2, 0.25) is 11.0 Å². The van der Waals surface area contributed by atoms with Crippen molar-refractivity contribution in [3.63, 3.8) is 0 Å². The molecule has 1 aromatic heterocycles. The van der Waals surface area contributed by atoms with Crippen LogP contribution in [0.15, 0.2) is 58.9 Å². The fourth-order valence-corrected chi connectivity index (χ4v) is 4.72. The minimum absolute atomic E-state index is 0.0376. The zero-order valence-electron chi connectivity index (χ0n) is 15.6. The smallest absolute Gasteiger partial charge is 0.230 e. The summed E-state index contributed by atoms with van der Waals surface area (Å²) in [4.78, 5) is 12.3. The van der Waals surface area contributed by atoms with Gasteiger partial charge in [0.05, 0.1) is 5.75 Å². The fraction of sp³-hybridized carbons (Fsp3) is 0.286. The molecule has 28 heavy (non-hydrogen) atoms. The van der Waals surface area contributed by atoms with Crippen LogP contribution >= 0.6 is 23.1 Å². The van der Waals surface area contributed by atoms with Crippen LogP contribution in [0.5, 0.6) is 0 Å². The van der Waals surface area contributed by atoms with Gasteiger partial charge in [-0.05, 0) is 43.0 Å². The molecular formula is C21H22N4OS2. The number of aryl methyl sites for hydroxylation is 1. The molecule has 0 bridgehead atoms. The summed E-state index contributed by atoms with van der Waals surface area (Å²) in [6, 6.07) is 18.6. The molecule has 0 aliphatic heterocycles. The highest BCUT2D eigenvalue weighted by Gasteiger charge is 2.44. The van der Waals surface area contributed by atoms with Crippen molar-refractivity contribution in [3.05, 3.63) is 65.7 Å². The predicted octanol–water partition coefficient (Wildman–Crippen LogP) is 4.53. The van der Waals surface area contributed by atoms with Crippen LogP contribution in [0.4, 0.5) is 10.8 Å². The van der Waals surface area contributed by atoms with E-state index in [4.69, 9.17) is 0 Å². The molecule has 1 aliphatic rings. The van der Waals surface area contributed by atoms with Crippen LogP contribution in [0, 0.1) is 6.92 Å². The predicted molar refractivity (Wildman–Crippen MR) is 115 cm³/mol. The lowest BCUT2D eigenvalue weighted by Gasteiger charge is -2.16. The average molecular weight is 411 g/mol. The number of hydrogen-bond donors (Lipinski definition) is 2. The van der Waals surface area contributed by atoms with Crippen molar-refractivity contribution < 1.29 is 4.79 Å². The lowest BCUT2D eigenvalue weighted by Crippen LogP contribution is -2.33. The molecule has 5 nitrogen and oxygen atoms in total. The van der Waals surface area contributed by atoms with Gasteiger partial charge in [-0.1, -0.05) is 65.6 Å². The minimum Gasteiger partial charge on any atom is -0.354 e. The standard InChI is InChI=1S/C21H22N4OS2/c1-15-6-5-9-17(12-15)23-19-24-25-20(28-19)27-13-18(26)22-14-21(10-11-21)16-7-3-2-4-8-16/h2-9,12H,10-11,13-14H2,1H3,(H,22,26)(H,23,24). The van der Waals surface area contributed by atoms with Crippen molar-refractivity contribution in [2.45, 2.75) is 29.5 Å². The third kappa shape index (κ3) is 4.72. The highest BCUT2D eigenvalue weighted by Crippen LogP contribution is 2.47. The third-order valence-corrected chi connectivity index (χ3v) is 6.84. The topological polar surface area (TPSA) is 66.9 Å². The SMILES string of the molecule is Cc1cccc(Nc2nnc(SCC(=O)NCC3(c4ccccc4)CC3)s2)c1. The number of benzene rings is 2. The Hall–Kier alpha value is -2.38. The molecule has 7 heteroatoms. The number of carbonyl (C=O) groups is 1. The van der Waals surface area contributed by atoms with E-state index in [-0.39, 0.29) is 11.3 Å². The van der Waals surface area contributed by atoms with E-state index < -0.39 is 0 Å². The highest BCUT2D eigenvalue weighted by molar-refractivity contribution is 8.01. The Morgan fingerprint density at radius 1 is 1.14 bits per heavy atom. The van der Waals surface area contributed by atoms with Gasteiger partial charge >= 0.3 is 0 Å². The van der Waals surface area contributed by atoms with Crippen molar-refractivity contribution in [1.82, 2.24) is 15.5 Å². The van der Waals surface area contributed by atoms with E-state index in [0.717, 1.165) is 28.0 Å². The molecule has 1 heterocycles. The van der Waals surface area contributed by atoms with Crippen LogP contribution in [-0.2, 0) is 10.2 Å². The summed E-state index contributed by atoms with van der Waals surface area (Å²) in [6.07, 6.45) is 2.27. The molecular weight excluding hydrogens is 388 g/mol. The van der Waals surface area contributed by atoms with Crippen molar-refractivity contribution in [2.75, 3.05) is 17.6 Å². The average Bonchev–Trinajstić information content (AvgIpc) is 3.38. The summed E-state index contributed by atoms with van der Waals surface area (Å²) in [5.41, 5.74) is 3.62. The Bertz CT molecular complexity index is 954. The monoisotopic (exact) mass is 410 g/mol. The number of nitrogens with one attached hydrogen (secondary N) is 2. The van der Waals surface area contributed by atoms with Gasteiger partial charge in [-0.25, -0.2) is 0 Å². The second-order valence-corrected chi connectivity index (χ2v) is 9.28. The van der Waals surface area contributed by atoms with Crippen LogP contribution in [0.25, 0.3) is 0 Å². The van der Waals surface area contributed by atoms with Crippen LogP contribution in [0.1, 0.15) is 24.0 Å². The minimum atomic E-state index is 0.0376. The summed E-state index contributed by atoms with van der Waals surface area (Å²) in [6.45, 7) is 2.75. The molecule has 1 saturated carbocycles. The first kappa shape index (κ1) is 19.0. The van der Waals surface area contributed by atoms with Crippen LogP contribution < -0.4 is 10.6 Å². The number of thioether (sulfide) groups is 1. The molecule has 4 rings (SSSR count). The van der Waals surface area contributed by atoms with Gasteiger partial charge in [-0.2, -0.15) is 0 Å². The van der Waals surface area contributed by atoms with Gasteiger partial charge in [0.25, 0.3) is 0 Å². The zero-order chi connectivity index (χ0) is 19.4. The van der Waals surface area contributed by atoms with Crippen LogP contribution in [0.3, 0.4) is 0 Å². The van der Waals surface area contributed by atoms with Crippen LogP contribution in [-0.4, -0.2) is 28.4 Å². The van der Waals surface area contributed by atoms with Gasteiger partial charge in [-0.3, -0.25) is 4.79 Å². The first-order valence-corrected chi connectivity index (χ1v) is 11.1. The summed E-state index contributed by atoms with van der Waals surface area (Å²) in [5, 5.41) is 15.4. The number of anilines is 2. The maximum atomic E-state index is 12.3. The summed E-state index contributed by atoms with van der Waals surface area (Å²) in [7, 11) is 0. The lowest BCUT2D eigenvalue weighted by atomic mass is 9.96. The molecule has 2 aromatic carbocycles. The molecule has 1 aliphatic carbocycles. The summed E-state index contributed by atoms with van der Waals surface area (Å²) in [5.74, 6) is 0.389. The largest absolute Gasteiger partial charge is 0.354 e. The van der Waals surface area contributed by atoms with E-state index in [1.165, 1.54) is 34.2 Å². The molecule has 0 saturated heterocycles. The van der Waals surface area contributed by atoms with Crippen molar-refractivity contribution in [1.29, 1.82) is 0 Å². The number of amides is 1. The Morgan fingerprint density at radius 2 is 1.96 bits per heavy atom.